The average molecular weight is 215 g/mol. The molecule has 2 rings (SSSR count). The Kier molecular flexibility index (Phi) is 2.28. The molecule has 0 saturated carbocycles. The highest BCUT2D eigenvalue weighted by Gasteiger charge is 2.43. The third-order valence-corrected chi connectivity index (χ3v) is 3.27. The Hall–Kier alpha value is -0.940. The molecule has 5 heteroatoms. The Morgan fingerprint density at radius 2 is 2.00 bits per heavy atom. The second-order valence-corrected chi connectivity index (χ2v) is 4.65. The van der Waals surface area contributed by atoms with Crippen LogP contribution in [0.2, 0.25) is 0 Å². The zero-order valence-corrected chi connectivity index (χ0v) is 8.24. The molecular weight excluding hydrogens is 205 g/mol. The topological polar surface area (TPSA) is 37.1 Å². The zero-order chi connectivity index (χ0) is 10.2. The van der Waals surface area contributed by atoms with Crippen molar-refractivity contribution >= 4 is 10.4 Å². The van der Waals surface area contributed by atoms with Gasteiger partial charge in [-0.3, -0.25) is 0 Å². The van der Waals surface area contributed by atoms with Crippen LogP contribution in [0, 0.1) is 0 Å². The lowest BCUT2D eigenvalue weighted by atomic mass is 10.1. The van der Waals surface area contributed by atoms with Crippen LogP contribution in [0.1, 0.15) is 5.56 Å². The molecule has 1 saturated heterocycles. The van der Waals surface area contributed by atoms with Gasteiger partial charge in [0.1, 0.15) is 0 Å². The largest absolute Gasteiger partial charge is 0.375 e. The molecular formula is C9H10FNO2S. The van der Waals surface area contributed by atoms with E-state index in [0.29, 0.717) is 13.0 Å². The van der Waals surface area contributed by atoms with Gasteiger partial charge in [0.05, 0.1) is 0 Å². The van der Waals surface area contributed by atoms with Gasteiger partial charge in [0, 0.05) is 12.6 Å². The molecule has 2 atom stereocenters. The predicted molar refractivity (Wildman–Crippen MR) is 50.7 cm³/mol. The minimum Gasteiger partial charge on any atom is -0.177 e. The molecule has 0 amide bonds. The first-order valence-corrected chi connectivity index (χ1v) is 5.67. The van der Waals surface area contributed by atoms with Crippen molar-refractivity contribution < 1.29 is 12.3 Å². The van der Waals surface area contributed by atoms with Crippen LogP contribution in [-0.4, -0.2) is 25.3 Å². The van der Waals surface area contributed by atoms with E-state index in [1.165, 1.54) is 0 Å². The fourth-order valence-electron chi connectivity index (χ4n) is 1.48. The molecule has 0 aliphatic carbocycles. The van der Waals surface area contributed by atoms with E-state index in [1.54, 1.807) is 0 Å². The molecule has 14 heavy (non-hydrogen) atoms. The second kappa shape index (κ2) is 3.33. The molecule has 0 bridgehead atoms. The van der Waals surface area contributed by atoms with Crippen LogP contribution in [0.4, 0.5) is 3.89 Å². The summed E-state index contributed by atoms with van der Waals surface area (Å²) in [5.41, 5.74) is 1.03. The smallest absolute Gasteiger partial charge is 0.177 e. The van der Waals surface area contributed by atoms with Gasteiger partial charge in [-0.25, -0.2) is 0 Å². The highest BCUT2D eigenvalue weighted by atomic mass is 32.3. The number of hydrogen-bond donors (Lipinski definition) is 0. The first-order valence-electron chi connectivity index (χ1n) is 4.33. The lowest BCUT2D eigenvalue weighted by Crippen LogP contribution is -2.09. The van der Waals surface area contributed by atoms with E-state index in [2.05, 4.69) is 0 Å². The predicted octanol–water partition coefficient (Wildman–Crippen LogP) is 1.13. The van der Waals surface area contributed by atoms with Crippen LogP contribution in [0.3, 0.4) is 0 Å². The summed E-state index contributed by atoms with van der Waals surface area (Å²) < 4.78 is 34.2. The molecule has 1 aromatic carbocycles. The third kappa shape index (κ3) is 2.10. The fourth-order valence-corrected chi connectivity index (χ4v) is 2.26. The van der Waals surface area contributed by atoms with Crippen molar-refractivity contribution in [3.05, 3.63) is 35.9 Å². The van der Waals surface area contributed by atoms with Gasteiger partial charge < -0.3 is 0 Å². The molecule has 1 unspecified atom stereocenters. The quantitative estimate of drug-likeness (QED) is 0.560. The summed E-state index contributed by atoms with van der Waals surface area (Å²) in [6.45, 7) is 0.299. The van der Waals surface area contributed by atoms with Crippen molar-refractivity contribution in [2.45, 2.75) is 12.5 Å². The van der Waals surface area contributed by atoms with Gasteiger partial charge >= 0.3 is 10.4 Å². The van der Waals surface area contributed by atoms with Crippen LogP contribution < -0.4 is 0 Å². The molecule has 1 aromatic rings. The van der Waals surface area contributed by atoms with Gasteiger partial charge in [-0.2, -0.15) is 12.7 Å². The van der Waals surface area contributed by atoms with E-state index >= 15 is 0 Å². The van der Waals surface area contributed by atoms with Crippen molar-refractivity contribution in [2.75, 3.05) is 6.54 Å². The number of nitrogens with zero attached hydrogens (tertiary/aromatic N) is 1. The Balaban J connectivity index is 1.98. The Bertz CT molecular complexity index is 418. The summed E-state index contributed by atoms with van der Waals surface area (Å²) in [7, 11) is -4.47. The van der Waals surface area contributed by atoms with E-state index in [-0.39, 0.29) is 6.04 Å². The standard InChI is InChI=1S/C9H10FNO2S/c10-14(12,13)11-7-9(11)6-8-4-2-1-3-5-8/h1-5,9H,6-7H2/t9-,11?/m0/s1. The van der Waals surface area contributed by atoms with Gasteiger partial charge in [-0.1, -0.05) is 34.2 Å². The summed E-state index contributed by atoms with van der Waals surface area (Å²) in [5, 5.41) is 0. The molecule has 1 aliphatic heterocycles. The first-order chi connectivity index (χ1) is 6.57. The van der Waals surface area contributed by atoms with Crippen LogP contribution in [-0.2, 0) is 16.8 Å². The molecule has 0 aromatic heterocycles. The lowest BCUT2D eigenvalue weighted by Gasteiger charge is -1.98. The van der Waals surface area contributed by atoms with E-state index in [4.69, 9.17) is 0 Å². The van der Waals surface area contributed by atoms with Crippen molar-refractivity contribution in [1.82, 2.24) is 4.31 Å². The van der Waals surface area contributed by atoms with Crippen LogP contribution in [0.5, 0.6) is 0 Å². The van der Waals surface area contributed by atoms with Gasteiger partial charge in [-0.05, 0) is 12.0 Å². The van der Waals surface area contributed by atoms with Gasteiger partial charge in [0.25, 0.3) is 0 Å². The molecule has 1 heterocycles. The number of halogens is 1. The van der Waals surface area contributed by atoms with Crippen molar-refractivity contribution in [3.8, 4) is 0 Å². The second-order valence-electron chi connectivity index (χ2n) is 3.36. The van der Waals surface area contributed by atoms with E-state index in [9.17, 15) is 12.3 Å². The lowest BCUT2D eigenvalue weighted by molar-refractivity contribution is 0.503. The van der Waals surface area contributed by atoms with Gasteiger partial charge in [-0.15, -0.1) is 0 Å². The first kappa shape index (κ1) is 9.61. The highest BCUT2D eigenvalue weighted by molar-refractivity contribution is 7.84. The molecule has 76 valence electrons. The normalized spacial score (nSPS) is 26.1. The summed E-state index contributed by atoms with van der Waals surface area (Å²) in [4.78, 5) is 0. The summed E-state index contributed by atoms with van der Waals surface area (Å²) in [5.74, 6) is 0. The minimum absolute atomic E-state index is 0.188. The van der Waals surface area contributed by atoms with Crippen molar-refractivity contribution in [3.63, 3.8) is 0 Å². The monoisotopic (exact) mass is 215 g/mol. The Labute approximate surface area is 82.5 Å². The molecule has 1 fully saturated rings. The highest BCUT2D eigenvalue weighted by Crippen LogP contribution is 2.26. The SMILES string of the molecule is O=S(=O)(F)N1C[C@@H]1Cc1ccccc1. The Morgan fingerprint density at radius 3 is 2.50 bits per heavy atom. The summed E-state index contributed by atoms with van der Waals surface area (Å²) in [6.07, 6.45) is 0.587. The van der Waals surface area contributed by atoms with Crippen LogP contribution in [0.25, 0.3) is 0 Å². The molecule has 0 spiro atoms. The van der Waals surface area contributed by atoms with E-state index < -0.39 is 10.4 Å². The van der Waals surface area contributed by atoms with E-state index in [0.717, 1.165) is 9.87 Å². The molecule has 0 N–H and O–H groups in total. The third-order valence-electron chi connectivity index (χ3n) is 2.26. The maximum Gasteiger partial charge on any atom is 0.375 e. The molecule has 0 radical (unpaired) electrons. The van der Waals surface area contributed by atoms with Crippen LogP contribution >= 0.6 is 0 Å². The summed E-state index contributed by atoms with van der Waals surface area (Å²) >= 11 is 0. The average Bonchev–Trinajstić information content (AvgIpc) is 2.85. The van der Waals surface area contributed by atoms with Gasteiger partial charge in [0.2, 0.25) is 0 Å². The van der Waals surface area contributed by atoms with E-state index in [1.807, 2.05) is 30.3 Å². The maximum atomic E-state index is 12.4. The molecule has 3 nitrogen and oxygen atoms in total. The maximum absolute atomic E-state index is 12.4. The van der Waals surface area contributed by atoms with Crippen LogP contribution in [0.15, 0.2) is 30.3 Å². The summed E-state index contributed by atoms with van der Waals surface area (Å²) in [6, 6.07) is 9.27. The number of hydrogen-bond acceptors (Lipinski definition) is 2. The minimum atomic E-state index is -4.47. The number of benzene rings is 1. The van der Waals surface area contributed by atoms with Crippen molar-refractivity contribution in [1.29, 1.82) is 0 Å². The zero-order valence-electron chi connectivity index (χ0n) is 7.43. The van der Waals surface area contributed by atoms with Crippen molar-refractivity contribution in [2.24, 2.45) is 0 Å². The molecule has 1 aliphatic rings. The number of rotatable bonds is 3. The van der Waals surface area contributed by atoms with Gasteiger partial charge in [0.15, 0.2) is 0 Å². The fraction of sp³-hybridized carbons (Fsp3) is 0.333. The Morgan fingerprint density at radius 1 is 1.36 bits per heavy atom.